The number of aromatic nitrogens is 5. The highest BCUT2D eigenvalue weighted by Crippen LogP contribution is 2.49. The van der Waals surface area contributed by atoms with Crippen molar-refractivity contribution in [3.63, 3.8) is 0 Å². The third kappa shape index (κ3) is 2.99. The second-order valence-electron chi connectivity index (χ2n) is 8.94. The molecule has 9 nitrogen and oxygen atoms in total. The van der Waals surface area contributed by atoms with Crippen LogP contribution in [0.25, 0.3) is 22.2 Å². The van der Waals surface area contributed by atoms with Gasteiger partial charge >= 0.3 is 0 Å². The van der Waals surface area contributed by atoms with Crippen molar-refractivity contribution >= 4 is 22.9 Å². The van der Waals surface area contributed by atoms with Crippen LogP contribution in [-0.2, 0) is 4.79 Å². The molecule has 164 valence electrons. The van der Waals surface area contributed by atoms with E-state index in [2.05, 4.69) is 16.5 Å². The molecule has 2 aliphatic rings. The molecule has 1 spiro atoms. The lowest BCUT2D eigenvalue weighted by atomic mass is 9.60. The predicted molar refractivity (Wildman–Crippen MR) is 120 cm³/mol. The van der Waals surface area contributed by atoms with Crippen molar-refractivity contribution in [3.8, 4) is 17.0 Å². The third-order valence-electron chi connectivity index (χ3n) is 6.66. The van der Waals surface area contributed by atoms with Crippen LogP contribution >= 0.6 is 0 Å². The number of likely N-dealkylation sites (tertiary alicyclic amines) is 1. The Hall–Kier alpha value is -3.62. The molecular formula is C23H25N7O2. The number of fused-ring (bicyclic) bond motifs is 2. The molecule has 32 heavy (non-hydrogen) atoms. The molecule has 4 aromatic heterocycles. The smallest absolute Gasteiger partial charge is 0.244 e. The molecule has 1 saturated carbocycles. The fraction of sp³-hybridized carbons (Fsp3) is 0.391. The van der Waals surface area contributed by atoms with Crippen molar-refractivity contribution in [1.29, 1.82) is 0 Å². The Kier molecular flexibility index (Phi) is 4.14. The van der Waals surface area contributed by atoms with E-state index in [9.17, 15) is 4.79 Å². The van der Waals surface area contributed by atoms with Gasteiger partial charge in [-0.05, 0) is 49.6 Å². The van der Waals surface area contributed by atoms with Gasteiger partial charge in [0, 0.05) is 55.6 Å². The van der Waals surface area contributed by atoms with Gasteiger partial charge in [-0.2, -0.15) is 10.1 Å². The molecule has 0 unspecified atom stereocenters. The molecule has 0 radical (unpaired) electrons. The summed E-state index contributed by atoms with van der Waals surface area (Å²) in [5, 5.41) is 12.4. The van der Waals surface area contributed by atoms with Crippen molar-refractivity contribution < 1.29 is 9.53 Å². The number of hydrogen-bond acceptors (Lipinski definition) is 6. The molecule has 1 aliphatic carbocycles. The Balaban J connectivity index is 1.27. The molecular weight excluding hydrogens is 406 g/mol. The van der Waals surface area contributed by atoms with Crippen LogP contribution in [-0.4, -0.2) is 60.8 Å². The highest BCUT2D eigenvalue weighted by molar-refractivity contribution is 5.85. The third-order valence-corrected chi connectivity index (χ3v) is 6.66. The van der Waals surface area contributed by atoms with Crippen LogP contribution in [0.3, 0.4) is 0 Å². The van der Waals surface area contributed by atoms with Gasteiger partial charge < -0.3 is 15.0 Å². The topological polar surface area (TPSA) is 89.1 Å². The van der Waals surface area contributed by atoms with Crippen LogP contribution in [0.15, 0.2) is 42.9 Å². The van der Waals surface area contributed by atoms with Crippen molar-refractivity contribution in [2.45, 2.75) is 32.7 Å². The standard InChI is InChI=1S/C23H25N7O2/c1-3-32-21-20-19(16-5-8-29-18(10-16)4-7-24-29)6-9-30(20)27-22(26-21)25-17-11-23(12-17)13-28(14-23)15(2)31/h4-10,17H,3,11-14H2,1-2H3,(H,25,27). The van der Waals surface area contributed by atoms with Crippen molar-refractivity contribution in [2.75, 3.05) is 25.0 Å². The summed E-state index contributed by atoms with van der Waals surface area (Å²) < 4.78 is 9.61. The van der Waals surface area contributed by atoms with Gasteiger partial charge in [-0.3, -0.25) is 4.79 Å². The zero-order valence-corrected chi connectivity index (χ0v) is 18.2. The van der Waals surface area contributed by atoms with Crippen molar-refractivity contribution in [2.24, 2.45) is 5.41 Å². The van der Waals surface area contributed by atoms with E-state index in [0.717, 1.165) is 48.1 Å². The van der Waals surface area contributed by atoms with Crippen LogP contribution in [0.1, 0.15) is 26.7 Å². The molecule has 1 aliphatic heterocycles. The lowest BCUT2D eigenvalue weighted by Gasteiger charge is -2.58. The highest BCUT2D eigenvalue weighted by Gasteiger charge is 2.53. The summed E-state index contributed by atoms with van der Waals surface area (Å²) in [6, 6.07) is 8.47. The number of pyridine rings is 1. The number of carbonyl (C=O) groups is 1. The second-order valence-corrected chi connectivity index (χ2v) is 8.94. The average Bonchev–Trinajstić information content (AvgIpc) is 3.34. The molecule has 1 N–H and O–H groups in total. The van der Waals surface area contributed by atoms with Gasteiger partial charge in [-0.25, -0.2) is 9.03 Å². The Morgan fingerprint density at radius 3 is 2.81 bits per heavy atom. The maximum Gasteiger partial charge on any atom is 0.244 e. The Morgan fingerprint density at radius 1 is 1.22 bits per heavy atom. The normalized spacial score (nSPS) is 17.5. The van der Waals surface area contributed by atoms with E-state index < -0.39 is 0 Å². The number of rotatable bonds is 5. The number of amides is 1. The molecule has 4 aromatic rings. The summed E-state index contributed by atoms with van der Waals surface area (Å²) in [4.78, 5) is 18.1. The van der Waals surface area contributed by atoms with Crippen LogP contribution in [0, 0.1) is 5.41 Å². The molecule has 1 saturated heterocycles. The minimum Gasteiger partial charge on any atom is -0.476 e. The van der Waals surface area contributed by atoms with Gasteiger partial charge in [0.15, 0.2) is 0 Å². The van der Waals surface area contributed by atoms with E-state index in [-0.39, 0.29) is 11.3 Å². The number of anilines is 1. The zero-order chi connectivity index (χ0) is 21.9. The fourth-order valence-electron chi connectivity index (χ4n) is 5.13. The first-order valence-electron chi connectivity index (χ1n) is 11.0. The van der Waals surface area contributed by atoms with Crippen molar-refractivity contribution in [1.82, 2.24) is 29.1 Å². The van der Waals surface area contributed by atoms with Gasteiger partial charge in [-0.1, -0.05) is 0 Å². The van der Waals surface area contributed by atoms with Gasteiger partial charge in [0.1, 0.15) is 5.52 Å². The van der Waals surface area contributed by atoms with Gasteiger partial charge in [0.2, 0.25) is 17.7 Å². The van der Waals surface area contributed by atoms with E-state index in [1.165, 1.54) is 0 Å². The summed E-state index contributed by atoms with van der Waals surface area (Å²) in [6.45, 7) is 5.85. The zero-order valence-electron chi connectivity index (χ0n) is 18.2. The van der Waals surface area contributed by atoms with Crippen LogP contribution in [0.5, 0.6) is 5.88 Å². The summed E-state index contributed by atoms with van der Waals surface area (Å²) in [5.41, 5.74) is 4.24. The Labute approximate surface area is 185 Å². The number of nitrogens with one attached hydrogen (secondary N) is 1. The van der Waals surface area contributed by atoms with E-state index in [4.69, 9.17) is 14.8 Å². The maximum atomic E-state index is 11.5. The SMILES string of the molecule is CCOc1nc(NC2CC3(C2)CN(C(C)=O)C3)nn2ccc(-c3ccn4nccc4c3)c12. The van der Waals surface area contributed by atoms with Crippen LogP contribution in [0.2, 0.25) is 0 Å². The number of hydrogen-bond donors (Lipinski definition) is 1. The maximum absolute atomic E-state index is 11.5. The van der Waals surface area contributed by atoms with Gasteiger partial charge in [-0.15, -0.1) is 5.10 Å². The van der Waals surface area contributed by atoms with Gasteiger partial charge in [0.25, 0.3) is 0 Å². The van der Waals surface area contributed by atoms with Crippen molar-refractivity contribution in [3.05, 3.63) is 42.9 Å². The molecule has 0 bridgehead atoms. The quantitative estimate of drug-likeness (QED) is 0.523. The minimum absolute atomic E-state index is 0.165. The van der Waals surface area contributed by atoms with Gasteiger partial charge in [0.05, 0.1) is 12.1 Å². The second kappa shape index (κ2) is 6.94. The number of ether oxygens (including phenoxy) is 1. The molecule has 9 heteroatoms. The summed E-state index contributed by atoms with van der Waals surface area (Å²) in [6.07, 6.45) is 7.75. The molecule has 0 aromatic carbocycles. The average molecular weight is 432 g/mol. The number of carbonyl (C=O) groups excluding carboxylic acids is 1. The lowest BCUT2D eigenvalue weighted by molar-refractivity contribution is -0.148. The highest BCUT2D eigenvalue weighted by atomic mass is 16.5. The predicted octanol–water partition coefficient (Wildman–Crippen LogP) is 2.87. The molecule has 2 fully saturated rings. The Morgan fingerprint density at radius 2 is 2.03 bits per heavy atom. The van der Waals surface area contributed by atoms with Crippen LogP contribution in [0.4, 0.5) is 5.95 Å². The summed E-state index contributed by atoms with van der Waals surface area (Å²) >= 11 is 0. The number of nitrogens with zero attached hydrogens (tertiary/aromatic N) is 6. The minimum atomic E-state index is 0.165. The lowest BCUT2D eigenvalue weighted by Crippen LogP contribution is -2.65. The fourth-order valence-corrected chi connectivity index (χ4v) is 5.13. The van der Waals surface area contributed by atoms with Crippen LogP contribution < -0.4 is 10.1 Å². The van der Waals surface area contributed by atoms with E-state index in [0.29, 0.717) is 24.5 Å². The first-order valence-corrected chi connectivity index (χ1v) is 11.0. The largest absolute Gasteiger partial charge is 0.476 e. The summed E-state index contributed by atoms with van der Waals surface area (Å²) in [5.74, 6) is 1.30. The first-order chi connectivity index (χ1) is 15.5. The molecule has 1 amide bonds. The van der Waals surface area contributed by atoms with E-state index >= 15 is 0 Å². The Bertz CT molecular complexity index is 1330. The molecule has 6 rings (SSSR count). The molecule has 0 atom stereocenters. The van der Waals surface area contributed by atoms with E-state index in [1.54, 1.807) is 13.1 Å². The monoisotopic (exact) mass is 431 g/mol. The molecule has 5 heterocycles. The first kappa shape index (κ1) is 19.1. The summed E-state index contributed by atoms with van der Waals surface area (Å²) in [7, 11) is 0. The van der Waals surface area contributed by atoms with E-state index in [1.807, 2.05) is 51.4 Å².